The molecule has 1 fully saturated rings. The van der Waals surface area contributed by atoms with E-state index in [1.165, 1.54) is 18.4 Å². The predicted molar refractivity (Wildman–Crippen MR) is 82.5 cm³/mol. The van der Waals surface area contributed by atoms with Crippen molar-refractivity contribution in [3.05, 3.63) is 23.8 Å². The minimum absolute atomic E-state index is 0.268. The van der Waals surface area contributed by atoms with Crippen LogP contribution in [-0.2, 0) is 6.54 Å². The monoisotopic (exact) mass is 277 g/mol. The summed E-state index contributed by atoms with van der Waals surface area (Å²) >= 11 is 0. The van der Waals surface area contributed by atoms with E-state index >= 15 is 0 Å². The third-order valence-corrected chi connectivity index (χ3v) is 3.68. The highest BCUT2D eigenvalue weighted by Crippen LogP contribution is 2.30. The van der Waals surface area contributed by atoms with Crippen LogP contribution in [0.1, 0.15) is 52.0 Å². The Hall–Kier alpha value is -1.22. The number of nitrogens with one attached hydrogen (secondary N) is 1. The van der Waals surface area contributed by atoms with E-state index in [2.05, 4.69) is 31.3 Å². The van der Waals surface area contributed by atoms with Gasteiger partial charge in [0.15, 0.2) is 11.5 Å². The Morgan fingerprint density at radius 1 is 1.15 bits per heavy atom. The fraction of sp³-hybridized carbons (Fsp3) is 0.647. The van der Waals surface area contributed by atoms with Gasteiger partial charge in [0.2, 0.25) is 0 Å². The zero-order valence-electron chi connectivity index (χ0n) is 12.9. The molecule has 1 aliphatic carbocycles. The highest BCUT2D eigenvalue weighted by Gasteiger charge is 2.20. The maximum absolute atomic E-state index is 6.04. The summed E-state index contributed by atoms with van der Waals surface area (Å²) in [6.45, 7) is 7.90. The van der Waals surface area contributed by atoms with Crippen molar-refractivity contribution < 1.29 is 9.47 Å². The molecule has 1 aliphatic rings. The minimum atomic E-state index is 0.268. The summed E-state index contributed by atoms with van der Waals surface area (Å²) in [5.74, 6) is 1.74. The molecule has 2 rings (SSSR count). The molecule has 0 unspecified atom stereocenters. The van der Waals surface area contributed by atoms with Crippen LogP contribution in [0.15, 0.2) is 18.2 Å². The van der Waals surface area contributed by atoms with E-state index in [1.807, 2.05) is 13.0 Å². The lowest BCUT2D eigenvalue weighted by molar-refractivity contribution is 0.182. The highest BCUT2D eigenvalue weighted by atomic mass is 16.5. The van der Waals surface area contributed by atoms with Crippen molar-refractivity contribution in [3.63, 3.8) is 0 Å². The zero-order chi connectivity index (χ0) is 14.4. The van der Waals surface area contributed by atoms with Crippen molar-refractivity contribution in [3.8, 4) is 11.5 Å². The molecule has 1 N–H and O–H groups in total. The van der Waals surface area contributed by atoms with Gasteiger partial charge in [0, 0.05) is 12.6 Å². The highest BCUT2D eigenvalue weighted by molar-refractivity contribution is 5.43. The van der Waals surface area contributed by atoms with Crippen LogP contribution in [0.25, 0.3) is 0 Å². The Kier molecular flexibility index (Phi) is 5.72. The van der Waals surface area contributed by atoms with Crippen LogP contribution in [0.4, 0.5) is 0 Å². The van der Waals surface area contributed by atoms with Crippen molar-refractivity contribution in [2.45, 2.75) is 65.1 Å². The molecule has 3 heteroatoms. The standard InChI is InChI=1S/C17H27NO2/c1-4-15(5-2)20-16-10-7-13(11-17(16)19-6-3)12-18-14-8-9-14/h7,10-11,14-15,18H,4-6,8-9,12H2,1-3H3. The number of ether oxygens (including phenoxy) is 2. The summed E-state index contributed by atoms with van der Waals surface area (Å²) in [5.41, 5.74) is 1.26. The molecule has 0 atom stereocenters. The smallest absolute Gasteiger partial charge is 0.161 e. The summed E-state index contributed by atoms with van der Waals surface area (Å²) in [6.07, 6.45) is 4.94. The van der Waals surface area contributed by atoms with Gasteiger partial charge in [-0.1, -0.05) is 19.9 Å². The lowest BCUT2D eigenvalue weighted by Crippen LogP contribution is -2.16. The van der Waals surface area contributed by atoms with E-state index in [4.69, 9.17) is 9.47 Å². The summed E-state index contributed by atoms with van der Waals surface area (Å²) < 4.78 is 11.8. The molecule has 0 radical (unpaired) electrons. The first-order chi connectivity index (χ1) is 9.76. The molecule has 0 spiro atoms. The van der Waals surface area contributed by atoms with E-state index in [-0.39, 0.29) is 6.10 Å². The average Bonchev–Trinajstić information content (AvgIpc) is 3.28. The summed E-state index contributed by atoms with van der Waals surface area (Å²) in [4.78, 5) is 0. The number of rotatable bonds is 9. The molecular formula is C17H27NO2. The molecule has 0 bridgehead atoms. The molecule has 20 heavy (non-hydrogen) atoms. The first-order valence-electron chi connectivity index (χ1n) is 7.92. The largest absolute Gasteiger partial charge is 0.490 e. The van der Waals surface area contributed by atoms with Crippen molar-refractivity contribution in [1.29, 1.82) is 0 Å². The second-order valence-corrected chi connectivity index (χ2v) is 5.43. The second-order valence-electron chi connectivity index (χ2n) is 5.43. The van der Waals surface area contributed by atoms with Crippen LogP contribution in [0.3, 0.4) is 0 Å². The van der Waals surface area contributed by atoms with Crippen molar-refractivity contribution in [2.75, 3.05) is 6.61 Å². The third kappa shape index (κ3) is 4.41. The number of benzene rings is 1. The molecule has 0 aromatic heterocycles. The van der Waals surface area contributed by atoms with Crippen molar-refractivity contribution in [1.82, 2.24) is 5.32 Å². The third-order valence-electron chi connectivity index (χ3n) is 3.68. The van der Waals surface area contributed by atoms with E-state index in [9.17, 15) is 0 Å². The molecule has 1 aromatic rings. The maximum Gasteiger partial charge on any atom is 0.161 e. The molecule has 1 aromatic carbocycles. The molecule has 0 aliphatic heterocycles. The normalized spacial score (nSPS) is 14.6. The summed E-state index contributed by atoms with van der Waals surface area (Å²) in [6, 6.07) is 7.02. The average molecular weight is 277 g/mol. The van der Waals surface area contributed by atoms with E-state index in [0.29, 0.717) is 6.61 Å². The molecule has 112 valence electrons. The Morgan fingerprint density at radius 3 is 2.50 bits per heavy atom. The van der Waals surface area contributed by atoms with Crippen LogP contribution in [-0.4, -0.2) is 18.8 Å². The topological polar surface area (TPSA) is 30.5 Å². The number of hydrogen-bond donors (Lipinski definition) is 1. The maximum atomic E-state index is 6.04. The Balaban J connectivity index is 2.04. The first kappa shape index (κ1) is 15.2. The molecule has 0 amide bonds. The van der Waals surface area contributed by atoms with Gasteiger partial charge in [0.25, 0.3) is 0 Å². The van der Waals surface area contributed by atoms with Gasteiger partial charge < -0.3 is 14.8 Å². The lowest BCUT2D eigenvalue weighted by atomic mass is 10.2. The molecule has 3 nitrogen and oxygen atoms in total. The van der Waals surface area contributed by atoms with Crippen LogP contribution in [0.2, 0.25) is 0 Å². The Bertz CT molecular complexity index is 411. The fourth-order valence-electron chi connectivity index (χ4n) is 2.21. The quantitative estimate of drug-likeness (QED) is 0.742. The Morgan fingerprint density at radius 2 is 1.90 bits per heavy atom. The summed E-state index contributed by atoms with van der Waals surface area (Å²) in [5, 5.41) is 3.53. The first-order valence-corrected chi connectivity index (χ1v) is 7.92. The predicted octanol–water partition coefficient (Wildman–Crippen LogP) is 3.90. The van der Waals surface area contributed by atoms with Gasteiger partial charge in [-0.15, -0.1) is 0 Å². The molecule has 1 saturated carbocycles. The van der Waals surface area contributed by atoms with Crippen molar-refractivity contribution >= 4 is 0 Å². The second kappa shape index (κ2) is 7.53. The van der Waals surface area contributed by atoms with Crippen LogP contribution in [0, 0.1) is 0 Å². The summed E-state index contributed by atoms with van der Waals surface area (Å²) in [7, 11) is 0. The van der Waals surface area contributed by atoms with E-state index in [1.54, 1.807) is 0 Å². The van der Waals surface area contributed by atoms with Gasteiger partial charge in [-0.05, 0) is 50.3 Å². The van der Waals surface area contributed by atoms with E-state index in [0.717, 1.165) is 36.9 Å². The van der Waals surface area contributed by atoms with Gasteiger partial charge in [-0.3, -0.25) is 0 Å². The van der Waals surface area contributed by atoms with Gasteiger partial charge >= 0.3 is 0 Å². The van der Waals surface area contributed by atoms with Crippen LogP contribution in [0.5, 0.6) is 11.5 Å². The van der Waals surface area contributed by atoms with Crippen LogP contribution >= 0.6 is 0 Å². The van der Waals surface area contributed by atoms with Crippen LogP contribution < -0.4 is 14.8 Å². The molecule has 0 saturated heterocycles. The van der Waals surface area contributed by atoms with E-state index < -0.39 is 0 Å². The Labute approximate surface area is 122 Å². The molecule has 0 heterocycles. The van der Waals surface area contributed by atoms with Gasteiger partial charge in [-0.25, -0.2) is 0 Å². The fourth-order valence-corrected chi connectivity index (χ4v) is 2.21. The van der Waals surface area contributed by atoms with Gasteiger partial charge in [-0.2, -0.15) is 0 Å². The number of hydrogen-bond acceptors (Lipinski definition) is 3. The SMILES string of the molecule is CCOc1cc(CNC2CC2)ccc1OC(CC)CC. The lowest BCUT2D eigenvalue weighted by Gasteiger charge is -2.19. The van der Waals surface area contributed by atoms with Gasteiger partial charge in [0.05, 0.1) is 12.7 Å². The van der Waals surface area contributed by atoms with Crippen molar-refractivity contribution in [2.24, 2.45) is 0 Å². The minimum Gasteiger partial charge on any atom is -0.490 e. The zero-order valence-corrected chi connectivity index (χ0v) is 12.9. The molecular weight excluding hydrogens is 250 g/mol. The van der Waals surface area contributed by atoms with Gasteiger partial charge in [0.1, 0.15) is 0 Å².